The first kappa shape index (κ1) is 22.8. The first-order valence-electron chi connectivity index (χ1n) is 9.60. The van der Waals surface area contributed by atoms with Gasteiger partial charge in [-0.3, -0.25) is 14.5 Å². The molecule has 1 heterocycles. The van der Waals surface area contributed by atoms with Crippen LogP contribution in [-0.4, -0.2) is 46.9 Å². The molecule has 2 rings (SSSR count). The zero-order valence-electron chi connectivity index (χ0n) is 16.9. The van der Waals surface area contributed by atoms with Crippen LogP contribution >= 0.6 is 11.3 Å². The summed E-state index contributed by atoms with van der Waals surface area (Å²) >= 11 is 1.28. The Kier molecular flexibility index (Phi) is 8.53. The predicted octanol–water partition coefficient (Wildman–Crippen LogP) is 1.94. The average Bonchev–Trinajstić information content (AvgIpc) is 3.11. The second-order valence-corrected chi connectivity index (χ2v) is 7.82. The molecule has 0 saturated carbocycles. The Morgan fingerprint density at radius 2 is 2.00 bits per heavy atom. The lowest BCUT2D eigenvalue weighted by atomic mass is 10.0. The number of hydrogen-bond donors (Lipinski definition) is 3. The van der Waals surface area contributed by atoms with Gasteiger partial charge in [-0.15, -0.1) is 11.3 Å². The van der Waals surface area contributed by atoms with Gasteiger partial charge in [-0.25, -0.2) is 9.37 Å². The average molecular weight is 422 g/mol. The molecule has 9 heteroatoms. The highest BCUT2D eigenvalue weighted by Gasteiger charge is 2.26. The summed E-state index contributed by atoms with van der Waals surface area (Å²) in [6, 6.07) is 4.81. The molecule has 2 atom stereocenters. The SMILES string of the molecule is CCN(CC)[C@@H](C)C(=O)N[C@@H](Cc1cccc(F)c1)C(=O)NCc1cnc(N)s1. The third-order valence-corrected chi connectivity index (χ3v) is 5.54. The monoisotopic (exact) mass is 421 g/mol. The zero-order chi connectivity index (χ0) is 21.4. The van der Waals surface area contributed by atoms with Crippen LogP contribution in [0, 0.1) is 5.82 Å². The molecule has 158 valence electrons. The number of amides is 2. The van der Waals surface area contributed by atoms with Crippen molar-refractivity contribution in [2.75, 3.05) is 18.8 Å². The fourth-order valence-electron chi connectivity index (χ4n) is 3.04. The highest BCUT2D eigenvalue weighted by atomic mass is 32.1. The molecule has 1 aromatic heterocycles. The van der Waals surface area contributed by atoms with Crippen LogP contribution in [-0.2, 0) is 22.6 Å². The molecule has 0 aliphatic carbocycles. The van der Waals surface area contributed by atoms with Crippen LogP contribution in [0.3, 0.4) is 0 Å². The van der Waals surface area contributed by atoms with E-state index in [1.54, 1.807) is 25.3 Å². The molecule has 7 nitrogen and oxygen atoms in total. The normalized spacial score (nSPS) is 13.1. The molecule has 0 unspecified atom stereocenters. The number of nitrogen functional groups attached to an aromatic ring is 1. The first-order chi connectivity index (χ1) is 13.8. The molecule has 0 radical (unpaired) electrons. The van der Waals surface area contributed by atoms with E-state index in [2.05, 4.69) is 15.6 Å². The van der Waals surface area contributed by atoms with E-state index in [-0.39, 0.29) is 36.6 Å². The van der Waals surface area contributed by atoms with E-state index in [1.807, 2.05) is 18.7 Å². The number of nitrogens with one attached hydrogen (secondary N) is 2. The van der Waals surface area contributed by atoms with Gasteiger partial charge in [-0.05, 0) is 37.7 Å². The summed E-state index contributed by atoms with van der Waals surface area (Å²) in [6.45, 7) is 7.46. The topological polar surface area (TPSA) is 100 Å². The largest absolute Gasteiger partial charge is 0.375 e. The van der Waals surface area contributed by atoms with Crippen LogP contribution in [0.4, 0.5) is 9.52 Å². The molecule has 0 aliphatic heterocycles. The van der Waals surface area contributed by atoms with Crippen LogP contribution in [0.1, 0.15) is 31.2 Å². The van der Waals surface area contributed by atoms with Crippen LogP contribution in [0.5, 0.6) is 0 Å². The maximum Gasteiger partial charge on any atom is 0.243 e. The molecular formula is C20H28FN5O2S. The van der Waals surface area contributed by atoms with Crippen LogP contribution < -0.4 is 16.4 Å². The van der Waals surface area contributed by atoms with Crippen LogP contribution in [0.15, 0.2) is 30.5 Å². The minimum atomic E-state index is -0.826. The highest BCUT2D eigenvalue weighted by Crippen LogP contribution is 2.14. The van der Waals surface area contributed by atoms with Crippen molar-refractivity contribution in [1.29, 1.82) is 0 Å². The fraction of sp³-hybridized carbons (Fsp3) is 0.450. The zero-order valence-corrected chi connectivity index (χ0v) is 17.8. The van der Waals surface area contributed by atoms with Crippen molar-refractivity contribution >= 4 is 28.3 Å². The standard InChI is InChI=1S/C20H28FN5O2S/c1-4-26(5-2)13(3)18(27)25-17(10-14-7-6-8-15(21)9-14)19(28)23-11-16-12-24-20(22)29-16/h6-9,12-13,17H,4-5,10-11H2,1-3H3,(H2,22,24)(H,23,28)(H,25,27)/t13-,17-/m0/s1. The lowest BCUT2D eigenvalue weighted by molar-refractivity contribution is -0.131. The summed E-state index contributed by atoms with van der Waals surface area (Å²) in [7, 11) is 0. The van der Waals surface area contributed by atoms with Crippen molar-refractivity contribution in [2.24, 2.45) is 0 Å². The minimum absolute atomic E-state index is 0.186. The van der Waals surface area contributed by atoms with Crippen molar-refractivity contribution in [3.05, 3.63) is 46.7 Å². The van der Waals surface area contributed by atoms with Crippen LogP contribution in [0.2, 0.25) is 0 Å². The van der Waals surface area contributed by atoms with Crippen molar-refractivity contribution in [3.8, 4) is 0 Å². The number of likely N-dealkylation sites (N-methyl/N-ethyl adjacent to an activating group) is 1. The molecule has 0 bridgehead atoms. The number of benzene rings is 1. The summed E-state index contributed by atoms with van der Waals surface area (Å²) < 4.78 is 13.6. The number of carbonyl (C=O) groups is 2. The molecule has 1 aromatic carbocycles. The number of thiazole rings is 1. The van der Waals surface area contributed by atoms with Crippen LogP contribution in [0.25, 0.3) is 0 Å². The Hall–Kier alpha value is -2.52. The first-order valence-corrected chi connectivity index (χ1v) is 10.4. The van der Waals surface area contributed by atoms with Gasteiger partial charge in [0, 0.05) is 17.5 Å². The number of halogens is 1. The van der Waals surface area contributed by atoms with Crippen molar-refractivity contribution in [2.45, 2.75) is 45.8 Å². The summed E-state index contributed by atoms with van der Waals surface area (Å²) in [5.41, 5.74) is 6.24. The van der Waals surface area contributed by atoms with Crippen molar-refractivity contribution < 1.29 is 14.0 Å². The highest BCUT2D eigenvalue weighted by molar-refractivity contribution is 7.15. The van der Waals surface area contributed by atoms with E-state index in [9.17, 15) is 14.0 Å². The van der Waals surface area contributed by atoms with Gasteiger partial charge in [0.1, 0.15) is 11.9 Å². The third kappa shape index (κ3) is 6.79. The number of carbonyl (C=O) groups excluding carboxylic acids is 2. The predicted molar refractivity (Wildman–Crippen MR) is 113 cm³/mol. The molecule has 4 N–H and O–H groups in total. The molecule has 2 aromatic rings. The van der Waals surface area contributed by atoms with Gasteiger partial charge in [0.15, 0.2) is 5.13 Å². The van der Waals surface area contributed by atoms with Gasteiger partial charge in [-0.1, -0.05) is 26.0 Å². The number of nitrogens with two attached hydrogens (primary N) is 1. The molecule has 0 spiro atoms. The van der Waals surface area contributed by atoms with E-state index in [0.717, 1.165) is 18.0 Å². The fourth-order valence-corrected chi connectivity index (χ4v) is 3.66. The Morgan fingerprint density at radius 1 is 1.28 bits per heavy atom. The lowest BCUT2D eigenvalue weighted by Gasteiger charge is -2.27. The van der Waals surface area contributed by atoms with Gasteiger partial charge >= 0.3 is 0 Å². The summed E-state index contributed by atoms with van der Waals surface area (Å²) in [5.74, 6) is -0.974. The number of nitrogens with zero attached hydrogens (tertiary/aromatic N) is 2. The van der Waals surface area contributed by atoms with E-state index < -0.39 is 6.04 Å². The Balaban J connectivity index is 2.11. The molecule has 0 fully saturated rings. The number of hydrogen-bond acceptors (Lipinski definition) is 6. The second kappa shape index (κ2) is 10.9. The summed E-state index contributed by atoms with van der Waals surface area (Å²) in [5, 5.41) is 6.05. The van der Waals surface area contributed by atoms with E-state index in [4.69, 9.17) is 5.73 Å². The Bertz CT molecular complexity index is 825. The van der Waals surface area contributed by atoms with E-state index in [0.29, 0.717) is 10.7 Å². The Labute approximate surface area is 174 Å². The van der Waals surface area contributed by atoms with Crippen molar-refractivity contribution in [1.82, 2.24) is 20.5 Å². The number of aromatic nitrogens is 1. The van der Waals surface area contributed by atoms with Gasteiger partial charge in [-0.2, -0.15) is 0 Å². The molecule has 29 heavy (non-hydrogen) atoms. The maximum atomic E-state index is 13.6. The summed E-state index contributed by atoms with van der Waals surface area (Å²) in [6.07, 6.45) is 1.79. The number of rotatable bonds is 10. The Morgan fingerprint density at radius 3 is 2.59 bits per heavy atom. The van der Waals surface area contributed by atoms with Gasteiger partial charge in [0.2, 0.25) is 11.8 Å². The van der Waals surface area contributed by atoms with Crippen molar-refractivity contribution in [3.63, 3.8) is 0 Å². The lowest BCUT2D eigenvalue weighted by Crippen LogP contribution is -2.53. The van der Waals surface area contributed by atoms with Gasteiger partial charge in [0.25, 0.3) is 0 Å². The number of anilines is 1. The van der Waals surface area contributed by atoms with E-state index >= 15 is 0 Å². The van der Waals surface area contributed by atoms with E-state index in [1.165, 1.54) is 23.5 Å². The molecular weight excluding hydrogens is 393 g/mol. The van der Waals surface area contributed by atoms with Gasteiger partial charge in [0.05, 0.1) is 12.6 Å². The van der Waals surface area contributed by atoms with Gasteiger partial charge < -0.3 is 16.4 Å². The smallest absolute Gasteiger partial charge is 0.243 e. The quantitative estimate of drug-likeness (QED) is 0.544. The maximum absolute atomic E-state index is 13.6. The third-order valence-electron chi connectivity index (χ3n) is 4.71. The minimum Gasteiger partial charge on any atom is -0.375 e. The summed E-state index contributed by atoms with van der Waals surface area (Å²) in [4.78, 5) is 32.3. The molecule has 0 aliphatic rings. The molecule has 2 amide bonds. The second-order valence-electron chi connectivity index (χ2n) is 6.68. The molecule has 0 saturated heterocycles.